The molecule has 2 aromatic carbocycles. The molecule has 3 rings (SSSR count). The summed E-state index contributed by atoms with van der Waals surface area (Å²) in [5, 5.41) is 3.60. The number of para-hydroxylation sites is 1. The van der Waals surface area contributed by atoms with Gasteiger partial charge in [0.25, 0.3) is 5.56 Å². The number of methoxy groups -OCH3 is 2. The van der Waals surface area contributed by atoms with Crippen LogP contribution in [-0.4, -0.2) is 29.7 Å². The highest BCUT2D eigenvalue weighted by atomic mass is 35.5. The molecule has 0 aliphatic heterocycles. The van der Waals surface area contributed by atoms with E-state index in [0.29, 0.717) is 33.1 Å². The highest BCUT2D eigenvalue weighted by Crippen LogP contribution is 2.36. The SMILES string of the molecule is COc1cc(OC)c(NC(=O)[C@H](C(C)C)n2cnc3ccccc3c2=O)cc1Cl. The fourth-order valence-corrected chi connectivity index (χ4v) is 3.44. The third-order valence-electron chi connectivity index (χ3n) is 4.62. The van der Waals surface area contributed by atoms with Gasteiger partial charge in [-0.1, -0.05) is 37.6 Å². The molecule has 8 heteroatoms. The second kappa shape index (κ2) is 8.53. The van der Waals surface area contributed by atoms with Crippen LogP contribution in [0.5, 0.6) is 11.5 Å². The molecule has 1 heterocycles. The Hall–Kier alpha value is -3.06. The molecule has 7 nitrogen and oxygen atoms in total. The summed E-state index contributed by atoms with van der Waals surface area (Å²) >= 11 is 6.19. The molecule has 0 radical (unpaired) electrons. The van der Waals surface area contributed by atoms with Crippen LogP contribution in [0, 0.1) is 5.92 Å². The van der Waals surface area contributed by atoms with Gasteiger partial charge in [0.05, 0.1) is 42.2 Å². The monoisotopic (exact) mass is 415 g/mol. The predicted octanol–water partition coefficient (Wildman–Crippen LogP) is 3.90. The van der Waals surface area contributed by atoms with E-state index in [1.807, 2.05) is 19.9 Å². The van der Waals surface area contributed by atoms with Gasteiger partial charge in [0.15, 0.2) is 0 Å². The van der Waals surface area contributed by atoms with Gasteiger partial charge in [0, 0.05) is 6.07 Å². The van der Waals surface area contributed by atoms with Gasteiger partial charge in [-0.3, -0.25) is 14.2 Å². The largest absolute Gasteiger partial charge is 0.495 e. The molecule has 3 aromatic rings. The van der Waals surface area contributed by atoms with Crippen molar-refractivity contribution in [1.82, 2.24) is 9.55 Å². The van der Waals surface area contributed by atoms with E-state index in [0.717, 1.165) is 0 Å². The van der Waals surface area contributed by atoms with E-state index in [1.54, 1.807) is 30.3 Å². The van der Waals surface area contributed by atoms with E-state index >= 15 is 0 Å². The van der Waals surface area contributed by atoms with Crippen molar-refractivity contribution in [2.75, 3.05) is 19.5 Å². The first-order valence-electron chi connectivity index (χ1n) is 9.05. The minimum absolute atomic E-state index is 0.171. The Kier molecular flexibility index (Phi) is 6.08. The van der Waals surface area contributed by atoms with Crippen LogP contribution in [0.3, 0.4) is 0 Å². The number of rotatable bonds is 6. The summed E-state index contributed by atoms with van der Waals surface area (Å²) in [6.07, 6.45) is 1.41. The molecule has 0 saturated carbocycles. The molecule has 0 saturated heterocycles. The number of hydrogen-bond acceptors (Lipinski definition) is 5. The number of anilines is 1. The van der Waals surface area contributed by atoms with E-state index in [4.69, 9.17) is 21.1 Å². The topological polar surface area (TPSA) is 82.4 Å². The molecule has 0 aliphatic carbocycles. The maximum atomic E-state index is 13.1. The van der Waals surface area contributed by atoms with Crippen molar-refractivity contribution in [3.63, 3.8) is 0 Å². The second-order valence-corrected chi connectivity index (χ2v) is 7.25. The van der Waals surface area contributed by atoms with E-state index in [-0.39, 0.29) is 17.4 Å². The normalized spacial score (nSPS) is 12.1. The van der Waals surface area contributed by atoms with Crippen LogP contribution in [0.2, 0.25) is 5.02 Å². The molecule has 0 spiro atoms. The zero-order chi connectivity index (χ0) is 21.1. The number of hydrogen-bond donors (Lipinski definition) is 1. The molecule has 1 aromatic heterocycles. The number of aromatic nitrogens is 2. The van der Waals surface area contributed by atoms with E-state index in [1.165, 1.54) is 25.1 Å². The highest BCUT2D eigenvalue weighted by Gasteiger charge is 2.27. The molecular weight excluding hydrogens is 394 g/mol. The molecular formula is C21H22ClN3O4. The fourth-order valence-electron chi connectivity index (χ4n) is 3.20. The van der Waals surface area contributed by atoms with Gasteiger partial charge in [0.1, 0.15) is 17.5 Å². The molecule has 0 unspecified atom stereocenters. The van der Waals surface area contributed by atoms with Gasteiger partial charge in [0.2, 0.25) is 5.91 Å². The summed E-state index contributed by atoms with van der Waals surface area (Å²) in [4.78, 5) is 30.4. The van der Waals surface area contributed by atoms with Crippen molar-refractivity contribution in [2.45, 2.75) is 19.9 Å². The Balaban J connectivity index is 2.01. The third-order valence-corrected chi connectivity index (χ3v) is 4.92. The molecule has 152 valence electrons. The van der Waals surface area contributed by atoms with Crippen molar-refractivity contribution < 1.29 is 14.3 Å². The standard InChI is InChI=1S/C21H22ClN3O4/c1-12(2)19(25-11-23-15-8-6-5-7-13(15)21(25)27)20(26)24-16-9-14(22)17(28-3)10-18(16)29-4/h5-12,19H,1-4H3,(H,24,26)/t19-/m0/s1. The van der Waals surface area contributed by atoms with Crippen LogP contribution in [0.1, 0.15) is 19.9 Å². The van der Waals surface area contributed by atoms with Crippen LogP contribution in [0.15, 0.2) is 47.5 Å². The average molecular weight is 416 g/mol. The minimum atomic E-state index is -0.773. The smallest absolute Gasteiger partial charge is 0.261 e. The Morgan fingerprint density at radius 3 is 2.48 bits per heavy atom. The number of fused-ring (bicyclic) bond motifs is 1. The summed E-state index contributed by atoms with van der Waals surface area (Å²) in [7, 11) is 2.98. The molecule has 0 bridgehead atoms. The van der Waals surface area contributed by atoms with E-state index in [2.05, 4.69) is 10.3 Å². The number of carbonyl (C=O) groups is 1. The number of amides is 1. The van der Waals surface area contributed by atoms with Gasteiger partial charge in [-0.2, -0.15) is 0 Å². The van der Waals surface area contributed by atoms with Crippen LogP contribution in [0.25, 0.3) is 10.9 Å². The number of ether oxygens (including phenoxy) is 2. The molecule has 0 aliphatic rings. The molecule has 1 atom stereocenters. The minimum Gasteiger partial charge on any atom is -0.495 e. The second-order valence-electron chi connectivity index (χ2n) is 6.84. The summed E-state index contributed by atoms with van der Waals surface area (Å²) in [6, 6.07) is 9.40. The number of nitrogens with one attached hydrogen (secondary N) is 1. The Bertz CT molecular complexity index is 1110. The van der Waals surface area contributed by atoms with Crippen molar-refractivity contribution in [1.29, 1.82) is 0 Å². The van der Waals surface area contributed by atoms with Crippen LogP contribution in [0.4, 0.5) is 5.69 Å². The number of halogens is 1. The lowest BCUT2D eigenvalue weighted by Gasteiger charge is -2.23. The van der Waals surface area contributed by atoms with Crippen molar-refractivity contribution in [2.24, 2.45) is 5.92 Å². The Morgan fingerprint density at radius 1 is 1.14 bits per heavy atom. The average Bonchev–Trinajstić information content (AvgIpc) is 2.70. The Morgan fingerprint density at radius 2 is 1.83 bits per heavy atom. The molecule has 1 N–H and O–H groups in total. The van der Waals surface area contributed by atoms with Crippen molar-refractivity contribution in [3.05, 3.63) is 58.1 Å². The first-order chi connectivity index (χ1) is 13.9. The number of nitrogens with zero attached hydrogens (tertiary/aromatic N) is 2. The van der Waals surface area contributed by atoms with Crippen LogP contribution in [-0.2, 0) is 4.79 Å². The van der Waals surface area contributed by atoms with E-state index in [9.17, 15) is 9.59 Å². The number of carbonyl (C=O) groups excluding carboxylic acids is 1. The maximum absolute atomic E-state index is 13.1. The van der Waals surface area contributed by atoms with Gasteiger partial charge in [-0.25, -0.2) is 4.98 Å². The van der Waals surface area contributed by atoms with Gasteiger partial charge < -0.3 is 14.8 Å². The van der Waals surface area contributed by atoms with E-state index < -0.39 is 6.04 Å². The molecule has 1 amide bonds. The first-order valence-corrected chi connectivity index (χ1v) is 9.43. The number of benzene rings is 2. The summed E-state index contributed by atoms with van der Waals surface area (Å²) in [5.74, 6) is 0.275. The fraction of sp³-hybridized carbons (Fsp3) is 0.286. The third kappa shape index (κ3) is 4.05. The van der Waals surface area contributed by atoms with Crippen molar-refractivity contribution in [3.8, 4) is 11.5 Å². The lowest BCUT2D eigenvalue weighted by molar-refractivity contribution is -0.120. The van der Waals surface area contributed by atoms with Gasteiger partial charge in [-0.15, -0.1) is 0 Å². The summed E-state index contributed by atoms with van der Waals surface area (Å²) < 4.78 is 11.9. The predicted molar refractivity (Wildman–Crippen MR) is 113 cm³/mol. The molecule has 29 heavy (non-hydrogen) atoms. The quantitative estimate of drug-likeness (QED) is 0.660. The van der Waals surface area contributed by atoms with Gasteiger partial charge in [-0.05, 0) is 24.1 Å². The van der Waals surface area contributed by atoms with Crippen LogP contribution < -0.4 is 20.3 Å². The molecule has 0 fully saturated rings. The lowest BCUT2D eigenvalue weighted by atomic mass is 10.0. The van der Waals surface area contributed by atoms with Crippen LogP contribution >= 0.6 is 11.6 Å². The summed E-state index contributed by atoms with van der Waals surface area (Å²) in [6.45, 7) is 3.73. The van der Waals surface area contributed by atoms with Crippen molar-refractivity contribution >= 4 is 34.1 Å². The highest BCUT2D eigenvalue weighted by molar-refractivity contribution is 6.32. The maximum Gasteiger partial charge on any atom is 0.261 e. The van der Waals surface area contributed by atoms with Gasteiger partial charge >= 0.3 is 0 Å². The first kappa shape index (κ1) is 20.7. The zero-order valence-corrected chi connectivity index (χ0v) is 17.4. The lowest BCUT2D eigenvalue weighted by Crippen LogP contribution is -2.36. The Labute approximate surface area is 173 Å². The zero-order valence-electron chi connectivity index (χ0n) is 16.6. The summed E-state index contributed by atoms with van der Waals surface area (Å²) in [5.41, 5.74) is 0.695.